The Kier molecular flexibility index (Phi) is 6.64. The number of ether oxygens (including phenoxy) is 1. The number of imidazole rings is 1. The van der Waals surface area contributed by atoms with Crippen molar-refractivity contribution in [3.8, 4) is 5.75 Å². The average Bonchev–Trinajstić information content (AvgIpc) is 3.10. The van der Waals surface area contributed by atoms with Gasteiger partial charge >= 0.3 is 0 Å². The van der Waals surface area contributed by atoms with Gasteiger partial charge in [0.1, 0.15) is 18.2 Å². The molecule has 160 valence electrons. The molecular formula is C25H32ClN3O. The van der Waals surface area contributed by atoms with Crippen LogP contribution in [0.1, 0.15) is 42.6 Å². The summed E-state index contributed by atoms with van der Waals surface area (Å²) in [4.78, 5) is 7.43. The summed E-state index contributed by atoms with van der Waals surface area (Å²) < 4.78 is 8.42. The number of hydrogen-bond acceptors (Lipinski definition) is 3. The Bertz CT molecular complexity index is 988. The fraction of sp³-hybridized carbons (Fsp3) is 0.480. The molecule has 0 bridgehead atoms. The first kappa shape index (κ1) is 21.2. The van der Waals surface area contributed by atoms with Gasteiger partial charge in [-0.15, -0.1) is 0 Å². The van der Waals surface area contributed by atoms with Crippen LogP contribution in [0, 0.1) is 19.8 Å². The fourth-order valence-electron chi connectivity index (χ4n) is 4.40. The van der Waals surface area contributed by atoms with Crippen molar-refractivity contribution in [1.82, 2.24) is 14.5 Å². The summed E-state index contributed by atoms with van der Waals surface area (Å²) in [6.45, 7) is 8.23. The number of nitrogens with zero attached hydrogens (tertiary/aromatic N) is 3. The Morgan fingerprint density at radius 2 is 1.80 bits per heavy atom. The predicted octanol–water partition coefficient (Wildman–Crippen LogP) is 6.01. The van der Waals surface area contributed by atoms with Crippen molar-refractivity contribution in [3.05, 3.63) is 58.4 Å². The second kappa shape index (κ2) is 9.40. The lowest BCUT2D eigenvalue weighted by molar-refractivity contribution is 0.208. The topological polar surface area (TPSA) is 30.3 Å². The summed E-state index contributed by atoms with van der Waals surface area (Å²) in [6.07, 6.45) is 5.12. The van der Waals surface area contributed by atoms with Crippen molar-refractivity contribution < 1.29 is 4.74 Å². The molecule has 2 aromatic carbocycles. The molecule has 30 heavy (non-hydrogen) atoms. The molecule has 5 heteroatoms. The third kappa shape index (κ3) is 4.81. The van der Waals surface area contributed by atoms with Gasteiger partial charge in [-0.3, -0.25) is 0 Å². The Labute approximate surface area is 184 Å². The van der Waals surface area contributed by atoms with Crippen molar-refractivity contribution in [1.29, 1.82) is 0 Å². The van der Waals surface area contributed by atoms with Gasteiger partial charge in [0.15, 0.2) is 0 Å². The van der Waals surface area contributed by atoms with Crippen molar-refractivity contribution in [3.63, 3.8) is 0 Å². The molecule has 1 fully saturated rings. The predicted molar refractivity (Wildman–Crippen MR) is 124 cm³/mol. The lowest BCUT2D eigenvalue weighted by Gasteiger charge is -2.29. The molecule has 1 aromatic heterocycles. The van der Waals surface area contributed by atoms with Gasteiger partial charge in [0.25, 0.3) is 0 Å². The molecule has 4 rings (SSSR count). The Hall–Kier alpha value is -2.04. The van der Waals surface area contributed by atoms with Crippen LogP contribution in [0.5, 0.6) is 5.75 Å². The normalized spacial score (nSPS) is 15.7. The molecule has 3 aromatic rings. The molecule has 0 unspecified atom stereocenters. The van der Waals surface area contributed by atoms with Crippen LogP contribution in [-0.2, 0) is 13.2 Å². The largest absolute Gasteiger partial charge is 0.486 e. The SMILES string of the molecule is Cc1ccc2c(nc(COc3ccc(Cl)cc3)n2CCCC2CCN(C)CC2)c1C. The number of rotatable bonds is 7. The molecule has 1 aliphatic heterocycles. The van der Waals surface area contributed by atoms with Crippen LogP contribution in [-0.4, -0.2) is 34.6 Å². The molecular weight excluding hydrogens is 394 g/mol. The first-order valence-corrected chi connectivity index (χ1v) is 11.4. The maximum atomic E-state index is 6.05. The van der Waals surface area contributed by atoms with E-state index in [2.05, 4.69) is 42.5 Å². The number of halogens is 1. The lowest BCUT2D eigenvalue weighted by atomic mass is 9.92. The van der Waals surface area contributed by atoms with E-state index in [9.17, 15) is 0 Å². The van der Waals surface area contributed by atoms with E-state index in [-0.39, 0.29) is 0 Å². The van der Waals surface area contributed by atoms with Crippen molar-refractivity contribution in [2.45, 2.75) is 52.7 Å². The number of aryl methyl sites for hydroxylation is 3. The van der Waals surface area contributed by atoms with Crippen molar-refractivity contribution in [2.75, 3.05) is 20.1 Å². The number of fused-ring (bicyclic) bond motifs is 1. The van der Waals surface area contributed by atoms with Gasteiger partial charge < -0.3 is 14.2 Å². The summed E-state index contributed by atoms with van der Waals surface area (Å²) in [6, 6.07) is 11.9. The third-order valence-electron chi connectivity index (χ3n) is 6.54. The summed E-state index contributed by atoms with van der Waals surface area (Å²) in [7, 11) is 2.23. The van der Waals surface area contributed by atoms with Gasteiger partial charge in [-0.25, -0.2) is 4.98 Å². The molecule has 0 N–H and O–H groups in total. The standard InChI is InChI=1S/C25H32ClN3O/c1-18-6-11-23-25(19(18)2)27-24(17-30-22-9-7-21(26)8-10-22)29(23)14-4-5-20-12-15-28(3)16-13-20/h6-11,20H,4-5,12-17H2,1-3H3. The van der Waals surface area contributed by atoms with Crippen LogP contribution in [0.15, 0.2) is 36.4 Å². The number of likely N-dealkylation sites (tertiary alicyclic amines) is 1. The highest BCUT2D eigenvalue weighted by Crippen LogP contribution is 2.26. The molecule has 1 saturated heterocycles. The van der Waals surface area contributed by atoms with Crippen LogP contribution in [0.4, 0.5) is 0 Å². The van der Waals surface area contributed by atoms with Gasteiger partial charge in [0, 0.05) is 11.6 Å². The molecule has 2 heterocycles. The minimum atomic E-state index is 0.461. The van der Waals surface area contributed by atoms with Gasteiger partial charge in [-0.1, -0.05) is 17.7 Å². The van der Waals surface area contributed by atoms with Crippen LogP contribution in [0.3, 0.4) is 0 Å². The van der Waals surface area contributed by atoms with E-state index in [1.807, 2.05) is 24.3 Å². The summed E-state index contributed by atoms with van der Waals surface area (Å²) in [5.41, 5.74) is 4.86. The Morgan fingerprint density at radius 3 is 2.53 bits per heavy atom. The minimum Gasteiger partial charge on any atom is -0.486 e. The van der Waals surface area contributed by atoms with Gasteiger partial charge in [0.2, 0.25) is 0 Å². The first-order chi connectivity index (χ1) is 14.5. The maximum Gasteiger partial charge on any atom is 0.148 e. The monoisotopic (exact) mass is 425 g/mol. The quantitative estimate of drug-likeness (QED) is 0.464. The zero-order valence-electron chi connectivity index (χ0n) is 18.3. The van der Waals surface area contributed by atoms with Crippen LogP contribution in [0.25, 0.3) is 11.0 Å². The summed E-state index contributed by atoms with van der Waals surface area (Å²) in [5.74, 6) is 2.67. The third-order valence-corrected chi connectivity index (χ3v) is 6.79. The molecule has 0 atom stereocenters. The highest BCUT2D eigenvalue weighted by molar-refractivity contribution is 6.30. The molecule has 4 nitrogen and oxygen atoms in total. The lowest BCUT2D eigenvalue weighted by Crippen LogP contribution is -2.30. The van der Waals surface area contributed by atoms with Crippen LogP contribution in [0.2, 0.25) is 5.02 Å². The van der Waals surface area contributed by atoms with Gasteiger partial charge in [-0.2, -0.15) is 0 Å². The second-order valence-corrected chi connectivity index (χ2v) is 9.12. The molecule has 0 radical (unpaired) electrons. The smallest absolute Gasteiger partial charge is 0.148 e. The highest BCUT2D eigenvalue weighted by Gasteiger charge is 2.18. The zero-order valence-corrected chi connectivity index (χ0v) is 19.1. The summed E-state index contributed by atoms with van der Waals surface area (Å²) in [5, 5.41) is 0.717. The average molecular weight is 426 g/mol. The highest BCUT2D eigenvalue weighted by atomic mass is 35.5. The van der Waals surface area contributed by atoms with Crippen molar-refractivity contribution >= 4 is 22.6 Å². The van der Waals surface area contributed by atoms with Crippen molar-refractivity contribution in [2.24, 2.45) is 5.92 Å². The van der Waals surface area contributed by atoms with E-state index < -0.39 is 0 Å². The van der Waals surface area contributed by atoms with E-state index in [1.54, 1.807) is 0 Å². The van der Waals surface area contributed by atoms with Crippen LogP contribution >= 0.6 is 11.6 Å². The number of aromatic nitrogens is 2. The first-order valence-electron chi connectivity index (χ1n) is 11.0. The molecule has 0 spiro atoms. The van der Waals surface area contributed by atoms with E-state index in [0.717, 1.165) is 34.6 Å². The van der Waals surface area contributed by atoms with E-state index in [0.29, 0.717) is 6.61 Å². The minimum absolute atomic E-state index is 0.461. The van der Waals surface area contributed by atoms with E-state index >= 15 is 0 Å². The molecule has 0 aliphatic carbocycles. The Balaban J connectivity index is 1.50. The zero-order chi connectivity index (χ0) is 21.1. The van der Waals surface area contributed by atoms with Gasteiger partial charge in [-0.05, 0) is 107 Å². The number of piperidine rings is 1. The van der Waals surface area contributed by atoms with Crippen LogP contribution < -0.4 is 4.74 Å². The van der Waals surface area contributed by atoms with Gasteiger partial charge in [0.05, 0.1) is 11.0 Å². The molecule has 0 amide bonds. The second-order valence-electron chi connectivity index (χ2n) is 8.69. The van der Waals surface area contributed by atoms with E-state index in [4.69, 9.17) is 21.3 Å². The number of hydrogen-bond donors (Lipinski definition) is 0. The Morgan fingerprint density at radius 1 is 1.07 bits per heavy atom. The van der Waals surface area contributed by atoms with E-state index in [1.165, 1.54) is 55.4 Å². The molecule has 0 saturated carbocycles. The summed E-state index contributed by atoms with van der Waals surface area (Å²) >= 11 is 5.99. The fourth-order valence-corrected chi connectivity index (χ4v) is 4.53. The maximum absolute atomic E-state index is 6.05. The molecule has 1 aliphatic rings. The number of benzene rings is 2.